The van der Waals surface area contributed by atoms with Gasteiger partial charge in [0.25, 0.3) is 0 Å². The number of amides is 3. The smallest absolute Gasteiger partial charge is 0.328 e. The van der Waals surface area contributed by atoms with Gasteiger partial charge in [0.2, 0.25) is 23.6 Å². The highest BCUT2D eigenvalue weighted by molar-refractivity contribution is 5.92. The standard InChI is InChI=1S/C24H35F2N3O5/c1-23(2)15-12-29(17(30)9-13-5-4-7-24(25,26)11-13)19(18(15)23)21(32)28-16(22(33)34-3)10-14-6-8-27-20(14)31/h13-16,18-19H,4-12H2,1-3H3,(H,27,31)(H,28,32)/t13?,14-,15-,16-,18-,19-/m0/s1. The molecule has 0 aromatic heterocycles. The molecule has 2 aliphatic heterocycles. The molecule has 2 saturated carbocycles. The Labute approximate surface area is 198 Å². The molecule has 10 heteroatoms. The van der Waals surface area contributed by atoms with Gasteiger partial charge in [0.15, 0.2) is 0 Å². The number of alkyl halides is 2. The van der Waals surface area contributed by atoms with Gasteiger partial charge in [0, 0.05) is 38.3 Å². The summed E-state index contributed by atoms with van der Waals surface area (Å²) in [5.41, 5.74) is -0.122. The number of esters is 1. The Hall–Kier alpha value is -2.26. The zero-order valence-corrected chi connectivity index (χ0v) is 20.1. The molecule has 0 bridgehead atoms. The summed E-state index contributed by atoms with van der Waals surface area (Å²) in [5.74, 6) is -4.97. The van der Waals surface area contributed by atoms with E-state index in [1.807, 2.05) is 13.8 Å². The molecule has 4 aliphatic rings. The van der Waals surface area contributed by atoms with Crippen LogP contribution in [-0.2, 0) is 23.9 Å². The van der Waals surface area contributed by atoms with Gasteiger partial charge in [-0.25, -0.2) is 13.6 Å². The molecule has 2 aliphatic carbocycles. The minimum absolute atomic E-state index is 0.00190. The number of methoxy groups -OCH3 is 1. The van der Waals surface area contributed by atoms with Crippen molar-refractivity contribution in [3.05, 3.63) is 0 Å². The molecule has 3 amide bonds. The first kappa shape index (κ1) is 24.9. The molecule has 0 spiro atoms. The van der Waals surface area contributed by atoms with E-state index in [4.69, 9.17) is 4.74 Å². The summed E-state index contributed by atoms with van der Waals surface area (Å²) < 4.78 is 32.5. The molecule has 1 unspecified atom stereocenters. The second kappa shape index (κ2) is 9.07. The van der Waals surface area contributed by atoms with Gasteiger partial charge in [-0.1, -0.05) is 13.8 Å². The molecule has 0 aromatic carbocycles. The van der Waals surface area contributed by atoms with Crippen LogP contribution in [-0.4, -0.2) is 66.8 Å². The van der Waals surface area contributed by atoms with Crippen LogP contribution >= 0.6 is 0 Å². The fourth-order valence-electron chi connectivity index (χ4n) is 6.43. The monoisotopic (exact) mass is 483 g/mol. The number of ether oxygens (including phenoxy) is 1. The van der Waals surface area contributed by atoms with Crippen molar-refractivity contribution in [2.24, 2.45) is 29.1 Å². The van der Waals surface area contributed by atoms with E-state index in [9.17, 15) is 28.0 Å². The third-order valence-electron chi connectivity index (χ3n) is 8.49. The van der Waals surface area contributed by atoms with Crippen LogP contribution in [0, 0.1) is 29.1 Å². The molecule has 4 rings (SSSR count). The van der Waals surface area contributed by atoms with E-state index >= 15 is 0 Å². The number of carbonyl (C=O) groups is 4. The molecule has 0 aromatic rings. The topological polar surface area (TPSA) is 105 Å². The molecule has 0 radical (unpaired) electrons. The Balaban J connectivity index is 1.46. The lowest BCUT2D eigenvalue weighted by molar-refractivity contribution is -0.147. The van der Waals surface area contributed by atoms with Crippen molar-refractivity contribution in [2.75, 3.05) is 20.2 Å². The van der Waals surface area contributed by atoms with Crippen LogP contribution in [0.2, 0.25) is 0 Å². The molecular formula is C24H35F2N3O5. The largest absolute Gasteiger partial charge is 0.467 e. The minimum Gasteiger partial charge on any atom is -0.467 e. The number of fused-ring (bicyclic) bond motifs is 1. The van der Waals surface area contributed by atoms with E-state index in [0.29, 0.717) is 32.4 Å². The van der Waals surface area contributed by atoms with Gasteiger partial charge < -0.3 is 20.3 Å². The zero-order chi connectivity index (χ0) is 24.8. The highest BCUT2D eigenvalue weighted by Crippen LogP contribution is 2.65. The number of hydrogen-bond donors (Lipinski definition) is 2. The highest BCUT2D eigenvalue weighted by atomic mass is 19.3. The van der Waals surface area contributed by atoms with Gasteiger partial charge in [-0.15, -0.1) is 0 Å². The molecular weight excluding hydrogens is 448 g/mol. The summed E-state index contributed by atoms with van der Waals surface area (Å²) in [7, 11) is 1.22. The number of halogens is 2. The minimum atomic E-state index is -2.74. The van der Waals surface area contributed by atoms with E-state index in [0.717, 1.165) is 0 Å². The second-order valence-electron chi connectivity index (χ2n) is 11.1. The first-order chi connectivity index (χ1) is 15.9. The van der Waals surface area contributed by atoms with E-state index < -0.39 is 41.7 Å². The van der Waals surface area contributed by atoms with Crippen LogP contribution in [0.3, 0.4) is 0 Å². The average molecular weight is 484 g/mol. The number of rotatable bonds is 7. The Morgan fingerprint density at radius 2 is 2.00 bits per heavy atom. The van der Waals surface area contributed by atoms with Crippen LogP contribution in [0.25, 0.3) is 0 Å². The highest BCUT2D eigenvalue weighted by Gasteiger charge is 2.69. The number of hydrogen-bond acceptors (Lipinski definition) is 5. The Morgan fingerprint density at radius 3 is 2.62 bits per heavy atom. The fourth-order valence-corrected chi connectivity index (χ4v) is 6.43. The number of nitrogens with one attached hydrogen (secondary N) is 2. The maximum atomic E-state index is 13.8. The van der Waals surface area contributed by atoms with Gasteiger partial charge in [-0.05, 0) is 48.9 Å². The van der Waals surface area contributed by atoms with Gasteiger partial charge in [-0.2, -0.15) is 0 Å². The average Bonchev–Trinajstić information content (AvgIpc) is 3.11. The molecule has 190 valence electrons. The van der Waals surface area contributed by atoms with Crippen LogP contribution in [0.4, 0.5) is 8.78 Å². The molecule has 8 nitrogen and oxygen atoms in total. The zero-order valence-electron chi connectivity index (χ0n) is 20.1. The Kier molecular flexibility index (Phi) is 6.63. The van der Waals surface area contributed by atoms with Crippen molar-refractivity contribution in [3.63, 3.8) is 0 Å². The van der Waals surface area contributed by atoms with Crippen LogP contribution in [0.5, 0.6) is 0 Å². The van der Waals surface area contributed by atoms with Crippen LogP contribution < -0.4 is 10.6 Å². The van der Waals surface area contributed by atoms with Gasteiger partial charge in [0.05, 0.1) is 7.11 Å². The van der Waals surface area contributed by atoms with Crippen molar-refractivity contribution < 1.29 is 32.7 Å². The van der Waals surface area contributed by atoms with Crippen molar-refractivity contribution in [2.45, 2.75) is 76.8 Å². The second-order valence-corrected chi connectivity index (χ2v) is 11.1. The third-order valence-corrected chi connectivity index (χ3v) is 8.49. The maximum absolute atomic E-state index is 13.8. The third kappa shape index (κ3) is 4.77. The first-order valence-corrected chi connectivity index (χ1v) is 12.3. The lowest BCUT2D eigenvalue weighted by Crippen LogP contribution is -2.54. The van der Waals surface area contributed by atoms with Gasteiger partial charge in [-0.3, -0.25) is 14.4 Å². The number of nitrogens with zero attached hydrogens (tertiary/aromatic N) is 1. The van der Waals surface area contributed by atoms with E-state index in [1.165, 1.54) is 12.0 Å². The lowest BCUT2D eigenvalue weighted by Gasteiger charge is -2.34. The summed E-state index contributed by atoms with van der Waals surface area (Å²) in [6.07, 6.45) is 1.23. The van der Waals surface area contributed by atoms with Crippen molar-refractivity contribution in [1.29, 1.82) is 0 Å². The molecule has 2 N–H and O–H groups in total. The normalized spacial score (nSPS) is 34.1. The summed E-state index contributed by atoms with van der Waals surface area (Å²) >= 11 is 0. The molecule has 2 saturated heterocycles. The van der Waals surface area contributed by atoms with Crippen molar-refractivity contribution in [3.8, 4) is 0 Å². The van der Waals surface area contributed by atoms with Gasteiger partial charge >= 0.3 is 5.97 Å². The number of likely N-dealkylation sites (tertiary alicyclic amines) is 1. The summed E-state index contributed by atoms with van der Waals surface area (Å²) in [4.78, 5) is 52.5. The Bertz CT molecular complexity index is 864. The van der Waals surface area contributed by atoms with Crippen molar-refractivity contribution >= 4 is 23.7 Å². The van der Waals surface area contributed by atoms with Gasteiger partial charge in [0.1, 0.15) is 12.1 Å². The predicted octanol–water partition coefficient (Wildman–Crippen LogP) is 1.87. The molecule has 6 atom stereocenters. The van der Waals surface area contributed by atoms with E-state index in [-0.39, 0.29) is 54.7 Å². The SMILES string of the molecule is COC(=O)[C@H](C[C@@H]1CCNC1=O)NC(=O)[C@@H]1[C@@H]2[C@H](CN1C(=O)CC1CCCC(F)(F)C1)C2(C)C. The number of piperidine rings is 1. The molecule has 2 heterocycles. The summed E-state index contributed by atoms with van der Waals surface area (Å²) in [6, 6.07) is -1.76. The molecule has 4 fully saturated rings. The lowest BCUT2D eigenvalue weighted by atomic mass is 9.84. The quantitative estimate of drug-likeness (QED) is 0.538. The summed E-state index contributed by atoms with van der Waals surface area (Å²) in [5, 5.41) is 5.47. The van der Waals surface area contributed by atoms with Crippen LogP contribution in [0.1, 0.15) is 58.8 Å². The fraction of sp³-hybridized carbons (Fsp3) is 0.833. The van der Waals surface area contributed by atoms with Crippen molar-refractivity contribution in [1.82, 2.24) is 15.5 Å². The number of carbonyl (C=O) groups excluding carboxylic acids is 4. The van der Waals surface area contributed by atoms with Crippen LogP contribution in [0.15, 0.2) is 0 Å². The Morgan fingerprint density at radius 1 is 1.26 bits per heavy atom. The summed E-state index contributed by atoms with van der Waals surface area (Å²) in [6.45, 7) is 5.03. The predicted molar refractivity (Wildman–Crippen MR) is 117 cm³/mol. The maximum Gasteiger partial charge on any atom is 0.328 e. The van der Waals surface area contributed by atoms with E-state index in [2.05, 4.69) is 10.6 Å². The molecule has 34 heavy (non-hydrogen) atoms. The first-order valence-electron chi connectivity index (χ1n) is 12.3. The van der Waals surface area contributed by atoms with E-state index in [1.54, 1.807) is 0 Å².